The van der Waals surface area contributed by atoms with Gasteiger partial charge in [-0.15, -0.1) is 0 Å². The van der Waals surface area contributed by atoms with E-state index >= 15 is 0 Å². The van der Waals surface area contributed by atoms with Gasteiger partial charge in [0.25, 0.3) is 0 Å². The quantitative estimate of drug-likeness (QED) is 0.734. The third kappa shape index (κ3) is 2.91. The highest BCUT2D eigenvalue weighted by Gasteiger charge is 2.10. The molecule has 0 saturated heterocycles. The van der Waals surface area contributed by atoms with E-state index in [9.17, 15) is 0 Å². The van der Waals surface area contributed by atoms with Crippen molar-refractivity contribution < 1.29 is 4.74 Å². The maximum Gasteiger partial charge on any atom is 0.122 e. The fourth-order valence-corrected chi connectivity index (χ4v) is 1.31. The second kappa shape index (κ2) is 4.70. The van der Waals surface area contributed by atoms with E-state index in [0.29, 0.717) is 5.92 Å². The molecule has 14 heavy (non-hydrogen) atoms. The van der Waals surface area contributed by atoms with E-state index in [2.05, 4.69) is 20.8 Å². The van der Waals surface area contributed by atoms with Crippen LogP contribution in [-0.4, -0.2) is 6.10 Å². The molecule has 1 rings (SSSR count). The molecule has 1 aromatic rings. The van der Waals surface area contributed by atoms with E-state index < -0.39 is 0 Å². The molecule has 1 unspecified atom stereocenters. The van der Waals surface area contributed by atoms with Gasteiger partial charge in [0.15, 0.2) is 0 Å². The van der Waals surface area contributed by atoms with Crippen molar-refractivity contribution in [3.05, 3.63) is 28.8 Å². The molecule has 0 heterocycles. The first-order chi connectivity index (χ1) is 6.50. The molecule has 1 aromatic carbocycles. The highest BCUT2D eigenvalue weighted by Crippen LogP contribution is 2.23. The minimum atomic E-state index is 0.231. The lowest BCUT2D eigenvalue weighted by Gasteiger charge is -2.19. The number of benzene rings is 1. The Kier molecular flexibility index (Phi) is 3.82. The summed E-state index contributed by atoms with van der Waals surface area (Å²) in [5.74, 6) is 1.45. The molecule has 78 valence electrons. The van der Waals surface area contributed by atoms with Gasteiger partial charge in [0.05, 0.1) is 6.10 Å². The van der Waals surface area contributed by atoms with E-state index in [0.717, 1.165) is 16.3 Å². The fraction of sp³-hybridized carbons (Fsp3) is 0.500. The SMILES string of the molecule is Cc1cc(Cl)ccc1OC(C)C(C)C. The van der Waals surface area contributed by atoms with Gasteiger partial charge >= 0.3 is 0 Å². The van der Waals surface area contributed by atoms with Gasteiger partial charge in [0, 0.05) is 5.02 Å². The molecule has 0 aromatic heterocycles. The summed E-state index contributed by atoms with van der Waals surface area (Å²) in [6, 6.07) is 5.71. The van der Waals surface area contributed by atoms with Crippen LogP contribution in [0.1, 0.15) is 26.3 Å². The molecule has 0 radical (unpaired) electrons. The monoisotopic (exact) mass is 212 g/mol. The Labute approximate surface area is 91.0 Å². The van der Waals surface area contributed by atoms with Crippen LogP contribution in [0.15, 0.2) is 18.2 Å². The molecule has 0 N–H and O–H groups in total. The van der Waals surface area contributed by atoms with Crippen LogP contribution in [0.4, 0.5) is 0 Å². The number of aryl methyl sites for hydroxylation is 1. The van der Waals surface area contributed by atoms with Crippen molar-refractivity contribution in [2.75, 3.05) is 0 Å². The predicted molar refractivity (Wildman–Crippen MR) is 61.1 cm³/mol. The van der Waals surface area contributed by atoms with Crippen LogP contribution < -0.4 is 4.74 Å². The zero-order valence-electron chi connectivity index (χ0n) is 9.17. The number of ether oxygens (including phenoxy) is 1. The molecular weight excluding hydrogens is 196 g/mol. The standard InChI is InChI=1S/C12H17ClO/c1-8(2)10(4)14-12-6-5-11(13)7-9(12)3/h5-8,10H,1-4H3. The van der Waals surface area contributed by atoms with Crippen molar-refractivity contribution in [1.29, 1.82) is 0 Å². The molecule has 0 saturated carbocycles. The Morgan fingerprint density at radius 1 is 1.21 bits per heavy atom. The summed E-state index contributed by atoms with van der Waals surface area (Å²) in [5.41, 5.74) is 1.09. The number of rotatable bonds is 3. The highest BCUT2D eigenvalue weighted by molar-refractivity contribution is 6.30. The molecule has 0 bridgehead atoms. The minimum Gasteiger partial charge on any atom is -0.490 e. The Balaban J connectivity index is 2.77. The van der Waals surface area contributed by atoms with Crippen LogP contribution in [0.5, 0.6) is 5.75 Å². The Hall–Kier alpha value is -0.690. The van der Waals surface area contributed by atoms with Gasteiger partial charge in [0.2, 0.25) is 0 Å². The Morgan fingerprint density at radius 2 is 1.86 bits per heavy atom. The molecule has 0 aliphatic carbocycles. The average Bonchev–Trinajstić information content (AvgIpc) is 2.09. The molecule has 0 aliphatic heterocycles. The number of hydrogen-bond donors (Lipinski definition) is 0. The van der Waals surface area contributed by atoms with Crippen LogP contribution in [0.3, 0.4) is 0 Å². The molecule has 0 spiro atoms. The van der Waals surface area contributed by atoms with E-state index in [1.54, 1.807) is 0 Å². The second-order valence-corrected chi connectivity index (χ2v) is 4.41. The lowest BCUT2D eigenvalue weighted by molar-refractivity contribution is 0.169. The number of halogens is 1. The van der Waals surface area contributed by atoms with E-state index in [1.165, 1.54) is 0 Å². The van der Waals surface area contributed by atoms with Crippen LogP contribution in [-0.2, 0) is 0 Å². The maximum absolute atomic E-state index is 5.86. The lowest BCUT2D eigenvalue weighted by atomic mass is 10.1. The molecule has 1 atom stereocenters. The zero-order valence-corrected chi connectivity index (χ0v) is 9.93. The van der Waals surface area contributed by atoms with Crippen molar-refractivity contribution in [1.82, 2.24) is 0 Å². The van der Waals surface area contributed by atoms with Gasteiger partial charge < -0.3 is 4.74 Å². The van der Waals surface area contributed by atoms with Gasteiger partial charge in [-0.1, -0.05) is 25.4 Å². The molecule has 2 heteroatoms. The molecule has 1 nitrogen and oxygen atoms in total. The van der Waals surface area contributed by atoms with Crippen LogP contribution in [0, 0.1) is 12.8 Å². The molecule has 0 aliphatic rings. The summed E-state index contributed by atoms with van der Waals surface area (Å²) in [6.45, 7) is 8.39. The topological polar surface area (TPSA) is 9.23 Å². The van der Waals surface area contributed by atoms with Crippen molar-refractivity contribution in [2.45, 2.75) is 33.8 Å². The second-order valence-electron chi connectivity index (χ2n) is 3.98. The predicted octanol–water partition coefficient (Wildman–Crippen LogP) is 4.07. The van der Waals surface area contributed by atoms with E-state index in [1.807, 2.05) is 25.1 Å². The molecular formula is C12H17ClO. The summed E-state index contributed by atoms with van der Waals surface area (Å²) in [7, 11) is 0. The Bertz CT molecular complexity index is 307. The first-order valence-corrected chi connectivity index (χ1v) is 5.31. The normalized spacial score (nSPS) is 13.0. The van der Waals surface area contributed by atoms with Crippen LogP contribution >= 0.6 is 11.6 Å². The summed E-state index contributed by atoms with van der Waals surface area (Å²) in [4.78, 5) is 0. The summed E-state index contributed by atoms with van der Waals surface area (Å²) in [6.07, 6.45) is 0.231. The average molecular weight is 213 g/mol. The minimum absolute atomic E-state index is 0.231. The van der Waals surface area contributed by atoms with E-state index in [-0.39, 0.29) is 6.10 Å². The van der Waals surface area contributed by atoms with Gasteiger partial charge in [0.1, 0.15) is 5.75 Å². The zero-order chi connectivity index (χ0) is 10.7. The van der Waals surface area contributed by atoms with Crippen LogP contribution in [0.2, 0.25) is 5.02 Å². The number of hydrogen-bond acceptors (Lipinski definition) is 1. The summed E-state index contributed by atoms with van der Waals surface area (Å²) >= 11 is 5.86. The largest absolute Gasteiger partial charge is 0.490 e. The maximum atomic E-state index is 5.86. The van der Waals surface area contributed by atoms with Crippen molar-refractivity contribution in [2.24, 2.45) is 5.92 Å². The third-order valence-corrected chi connectivity index (χ3v) is 2.62. The smallest absolute Gasteiger partial charge is 0.122 e. The van der Waals surface area contributed by atoms with Crippen molar-refractivity contribution in [3.8, 4) is 5.75 Å². The van der Waals surface area contributed by atoms with Crippen LogP contribution in [0.25, 0.3) is 0 Å². The summed E-state index contributed by atoms with van der Waals surface area (Å²) < 4.78 is 5.80. The van der Waals surface area contributed by atoms with E-state index in [4.69, 9.17) is 16.3 Å². The highest BCUT2D eigenvalue weighted by atomic mass is 35.5. The van der Waals surface area contributed by atoms with Gasteiger partial charge in [-0.05, 0) is 43.5 Å². The fourth-order valence-electron chi connectivity index (χ4n) is 1.08. The first kappa shape index (κ1) is 11.4. The summed E-state index contributed by atoms with van der Waals surface area (Å²) in [5, 5.41) is 0.757. The molecule has 0 amide bonds. The third-order valence-electron chi connectivity index (χ3n) is 2.39. The Morgan fingerprint density at radius 3 is 2.36 bits per heavy atom. The van der Waals surface area contributed by atoms with Crippen molar-refractivity contribution in [3.63, 3.8) is 0 Å². The lowest BCUT2D eigenvalue weighted by Crippen LogP contribution is -2.19. The van der Waals surface area contributed by atoms with Gasteiger partial charge in [-0.3, -0.25) is 0 Å². The van der Waals surface area contributed by atoms with Gasteiger partial charge in [-0.2, -0.15) is 0 Å². The first-order valence-electron chi connectivity index (χ1n) is 4.93. The molecule has 0 fully saturated rings. The van der Waals surface area contributed by atoms with Gasteiger partial charge in [-0.25, -0.2) is 0 Å². The van der Waals surface area contributed by atoms with Crippen molar-refractivity contribution >= 4 is 11.6 Å².